The number of carboxylic acid groups (broad SMARTS) is 1. The molecule has 0 fully saturated rings. The molecule has 1 amide bonds. The van der Waals surface area contributed by atoms with Gasteiger partial charge in [-0.05, 0) is 31.9 Å². The summed E-state index contributed by atoms with van der Waals surface area (Å²) in [6.07, 6.45) is 1.81. The number of amides is 1. The molecule has 116 valence electrons. The van der Waals surface area contributed by atoms with Crippen LogP contribution < -0.4 is 5.32 Å². The molecule has 0 heterocycles. The first-order chi connectivity index (χ1) is 10.0. The Bertz CT molecular complexity index is 448. The number of carbonyl (C=O) groups excluding carboxylic acids is 1. The molecule has 0 spiro atoms. The predicted molar refractivity (Wildman–Crippen MR) is 82.1 cm³/mol. The van der Waals surface area contributed by atoms with E-state index in [2.05, 4.69) is 17.4 Å². The van der Waals surface area contributed by atoms with Gasteiger partial charge in [-0.15, -0.1) is 0 Å². The molecular weight excluding hydrogens is 268 g/mol. The number of carboxylic acids is 1. The third-order valence-corrected chi connectivity index (χ3v) is 3.43. The fraction of sp³-hybridized carbons (Fsp3) is 0.500. The van der Waals surface area contributed by atoms with Gasteiger partial charge in [-0.3, -0.25) is 14.5 Å². The molecule has 1 rings (SSSR count). The Morgan fingerprint density at radius 1 is 1.24 bits per heavy atom. The molecule has 1 unspecified atom stereocenters. The van der Waals surface area contributed by atoms with E-state index in [4.69, 9.17) is 5.11 Å². The van der Waals surface area contributed by atoms with Crippen LogP contribution >= 0.6 is 0 Å². The molecule has 21 heavy (non-hydrogen) atoms. The highest BCUT2D eigenvalue weighted by atomic mass is 16.4. The molecule has 5 nitrogen and oxygen atoms in total. The molecule has 0 saturated carbocycles. The van der Waals surface area contributed by atoms with Crippen LogP contribution in [-0.4, -0.2) is 47.6 Å². The quantitative estimate of drug-likeness (QED) is 0.724. The van der Waals surface area contributed by atoms with Crippen LogP contribution in [-0.2, 0) is 16.0 Å². The maximum atomic E-state index is 11.1. The van der Waals surface area contributed by atoms with Crippen molar-refractivity contribution >= 4 is 11.9 Å². The third-order valence-electron chi connectivity index (χ3n) is 3.43. The SMILES string of the molecule is CC(=O)NCCN(CCCc1ccccc1)C(C)C(=O)O. The normalized spacial score (nSPS) is 12.1. The summed E-state index contributed by atoms with van der Waals surface area (Å²) < 4.78 is 0. The zero-order valence-corrected chi connectivity index (χ0v) is 12.7. The van der Waals surface area contributed by atoms with Gasteiger partial charge < -0.3 is 10.4 Å². The third kappa shape index (κ3) is 6.90. The van der Waals surface area contributed by atoms with E-state index >= 15 is 0 Å². The fourth-order valence-electron chi connectivity index (χ4n) is 2.16. The molecule has 5 heteroatoms. The molecule has 0 bridgehead atoms. The number of hydrogen-bond acceptors (Lipinski definition) is 3. The first kappa shape index (κ1) is 17.2. The molecule has 0 saturated heterocycles. The second-order valence-electron chi connectivity index (χ2n) is 5.12. The summed E-state index contributed by atoms with van der Waals surface area (Å²) in [5.74, 6) is -0.931. The van der Waals surface area contributed by atoms with Crippen LogP contribution in [0.3, 0.4) is 0 Å². The highest BCUT2D eigenvalue weighted by Gasteiger charge is 2.19. The average molecular weight is 292 g/mol. The van der Waals surface area contributed by atoms with Crippen LogP contribution in [0, 0.1) is 0 Å². The topological polar surface area (TPSA) is 69.6 Å². The molecule has 0 radical (unpaired) electrons. The van der Waals surface area contributed by atoms with Crippen molar-refractivity contribution in [1.29, 1.82) is 0 Å². The number of carbonyl (C=O) groups is 2. The van der Waals surface area contributed by atoms with Crippen LogP contribution in [0.25, 0.3) is 0 Å². The van der Waals surface area contributed by atoms with Gasteiger partial charge in [-0.2, -0.15) is 0 Å². The van der Waals surface area contributed by atoms with Gasteiger partial charge in [0.2, 0.25) is 5.91 Å². The number of hydrogen-bond donors (Lipinski definition) is 2. The highest BCUT2D eigenvalue weighted by Crippen LogP contribution is 2.06. The Kier molecular flexibility index (Phi) is 7.46. The Hall–Kier alpha value is -1.88. The van der Waals surface area contributed by atoms with E-state index in [0.29, 0.717) is 19.6 Å². The predicted octanol–water partition coefficient (Wildman–Crippen LogP) is 1.53. The van der Waals surface area contributed by atoms with Crippen LogP contribution in [0.15, 0.2) is 30.3 Å². The molecule has 0 aliphatic rings. The molecule has 1 aromatic carbocycles. The molecule has 1 atom stereocenters. The Morgan fingerprint density at radius 3 is 2.48 bits per heavy atom. The van der Waals surface area contributed by atoms with E-state index < -0.39 is 12.0 Å². The highest BCUT2D eigenvalue weighted by molar-refractivity contribution is 5.73. The maximum Gasteiger partial charge on any atom is 0.320 e. The Morgan fingerprint density at radius 2 is 1.90 bits per heavy atom. The summed E-state index contributed by atoms with van der Waals surface area (Å²) >= 11 is 0. The van der Waals surface area contributed by atoms with Crippen LogP contribution in [0.5, 0.6) is 0 Å². The summed E-state index contributed by atoms with van der Waals surface area (Å²) in [5, 5.41) is 11.9. The van der Waals surface area contributed by atoms with Gasteiger partial charge >= 0.3 is 5.97 Å². The summed E-state index contributed by atoms with van der Waals surface area (Å²) in [7, 11) is 0. The van der Waals surface area contributed by atoms with Crippen molar-refractivity contribution in [1.82, 2.24) is 10.2 Å². The lowest BCUT2D eigenvalue weighted by Crippen LogP contribution is -2.43. The van der Waals surface area contributed by atoms with Gasteiger partial charge in [0.05, 0.1) is 0 Å². The van der Waals surface area contributed by atoms with E-state index in [1.165, 1.54) is 12.5 Å². The van der Waals surface area contributed by atoms with Crippen LogP contribution in [0.2, 0.25) is 0 Å². The van der Waals surface area contributed by atoms with E-state index in [-0.39, 0.29) is 5.91 Å². The first-order valence-corrected chi connectivity index (χ1v) is 7.26. The van der Waals surface area contributed by atoms with Crippen molar-refractivity contribution in [2.24, 2.45) is 0 Å². The lowest BCUT2D eigenvalue weighted by molar-refractivity contribution is -0.142. The molecular formula is C16H24N2O3. The van der Waals surface area contributed by atoms with Crippen molar-refractivity contribution in [2.45, 2.75) is 32.7 Å². The van der Waals surface area contributed by atoms with Crippen molar-refractivity contribution in [2.75, 3.05) is 19.6 Å². The average Bonchev–Trinajstić information content (AvgIpc) is 2.45. The van der Waals surface area contributed by atoms with E-state index in [9.17, 15) is 9.59 Å². The van der Waals surface area contributed by atoms with E-state index in [1.54, 1.807) is 6.92 Å². The largest absolute Gasteiger partial charge is 0.480 e. The Labute approximate surface area is 126 Å². The number of nitrogens with zero attached hydrogens (tertiary/aromatic N) is 1. The van der Waals surface area contributed by atoms with Gasteiger partial charge in [0.1, 0.15) is 6.04 Å². The van der Waals surface area contributed by atoms with Crippen molar-refractivity contribution in [3.63, 3.8) is 0 Å². The lowest BCUT2D eigenvalue weighted by atomic mass is 10.1. The summed E-state index contributed by atoms with van der Waals surface area (Å²) in [4.78, 5) is 23.9. The minimum absolute atomic E-state index is 0.0952. The first-order valence-electron chi connectivity index (χ1n) is 7.26. The van der Waals surface area contributed by atoms with E-state index in [0.717, 1.165) is 12.8 Å². The van der Waals surface area contributed by atoms with Gasteiger partial charge in [-0.25, -0.2) is 0 Å². The minimum atomic E-state index is -0.836. The van der Waals surface area contributed by atoms with Gasteiger partial charge in [0, 0.05) is 20.0 Å². The second kappa shape index (κ2) is 9.13. The molecule has 2 N–H and O–H groups in total. The molecule has 0 aliphatic heterocycles. The van der Waals surface area contributed by atoms with Crippen molar-refractivity contribution in [3.05, 3.63) is 35.9 Å². The van der Waals surface area contributed by atoms with Crippen LogP contribution in [0.1, 0.15) is 25.8 Å². The van der Waals surface area contributed by atoms with Gasteiger partial charge in [0.25, 0.3) is 0 Å². The second-order valence-corrected chi connectivity index (χ2v) is 5.12. The number of nitrogens with one attached hydrogen (secondary N) is 1. The zero-order chi connectivity index (χ0) is 15.7. The van der Waals surface area contributed by atoms with Crippen LogP contribution in [0.4, 0.5) is 0 Å². The fourth-order valence-corrected chi connectivity index (χ4v) is 2.16. The molecule has 0 aliphatic carbocycles. The number of aryl methyl sites for hydroxylation is 1. The molecule has 1 aromatic rings. The Balaban J connectivity index is 2.44. The zero-order valence-electron chi connectivity index (χ0n) is 12.7. The minimum Gasteiger partial charge on any atom is -0.480 e. The summed E-state index contributed by atoms with van der Waals surface area (Å²) in [5.41, 5.74) is 1.25. The number of rotatable bonds is 9. The van der Waals surface area contributed by atoms with Gasteiger partial charge in [-0.1, -0.05) is 30.3 Å². The monoisotopic (exact) mass is 292 g/mol. The standard InChI is InChI=1S/C16H24N2O3/c1-13(16(20)21)18(12-10-17-14(2)19)11-6-9-15-7-4-3-5-8-15/h3-5,7-8,13H,6,9-12H2,1-2H3,(H,17,19)(H,20,21). The lowest BCUT2D eigenvalue weighted by Gasteiger charge is -2.26. The number of aliphatic carboxylic acids is 1. The maximum absolute atomic E-state index is 11.1. The smallest absolute Gasteiger partial charge is 0.320 e. The van der Waals surface area contributed by atoms with Crippen molar-refractivity contribution < 1.29 is 14.7 Å². The van der Waals surface area contributed by atoms with Gasteiger partial charge in [0.15, 0.2) is 0 Å². The summed E-state index contributed by atoms with van der Waals surface area (Å²) in [6, 6.07) is 9.59. The van der Waals surface area contributed by atoms with E-state index in [1.807, 2.05) is 23.1 Å². The molecule has 0 aromatic heterocycles. The number of benzene rings is 1. The van der Waals surface area contributed by atoms with Crippen molar-refractivity contribution in [3.8, 4) is 0 Å². The summed E-state index contributed by atoms with van der Waals surface area (Å²) in [6.45, 7) is 4.85.